The van der Waals surface area contributed by atoms with Crippen LogP contribution in [0, 0.1) is 5.41 Å². The number of ether oxygens (including phenoxy) is 3. The average Bonchev–Trinajstić information content (AvgIpc) is 2.68. The smallest absolute Gasteiger partial charge is 0.140 e. The molecule has 0 amide bonds. The maximum Gasteiger partial charge on any atom is 0.140 e. The summed E-state index contributed by atoms with van der Waals surface area (Å²) in [5.74, 6) is 0.263. The van der Waals surface area contributed by atoms with Gasteiger partial charge in [-0.15, -0.1) is 0 Å². The predicted molar refractivity (Wildman–Crippen MR) is 117 cm³/mol. The van der Waals surface area contributed by atoms with Crippen LogP contribution in [0.15, 0.2) is 0 Å². The molecule has 7 heteroatoms. The van der Waals surface area contributed by atoms with Crippen molar-refractivity contribution in [3.8, 4) is 0 Å². The zero-order chi connectivity index (χ0) is 21.3. The second-order valence-electron chi connectivity index (χ2n) is 7.73. The fourth-order valence-electron chi connectivity index (χ4n) is 2.67. The molecule has 0 aromatic carbocycles. The SMILES string of the molecule is CC.CC(C)(C)C(=O)CCOCCN1CCN(CCOCCOCCN)CC1.[HH]. The lowest BCUT2D eigenvalue weighted by atomic mass is 9.89. The van der Waals surface area contributed by atoms with Crippen LogP contribution >= 0.6 is 0 Å². The standard InChI is InChI=1S/C19H39N3O4.C2H6.H2/c1-19(2,3)18(23)4-12-24-14-10-21-6-8-22(9-7-21)11-15-26-17-16-25-13-5-20;1-2;/h4-17,20H2,1-3H3;1-2H3;1H. The monoisotopic (exact) mass is 405 g/mol. The molecule has 0 bridgehead atoms. The van der Waals surface area contributed by atoms with Crippen molar-refractivity contribution in [1.82, 2.24) is 9.80 Å². The van der Waals surface area contributed by atoms with E-state index in [0.29, 0.717) is 46.0 Å². The Bertz CT molecular complexity index is 373. The molecular weight excluding hydrogens is 358 g/mol. The molecule has 1 rings (SSSR count). The molecule has 0 aliphatic carbocycles. The Morgan fingerprint density at radius 1 is 0.821 bits per heavy atom. The van der Waals surface area contributed by atoms with Gasteiger partial charge in [0, 0.05) is 59.1 Å². The number of piperazine rings is 1. The Labute approximate surface area is 174 Å². The maximum absolute atomic E-state index is 11.8. The molecule has 0 aromatic rings. The van der Waals surface area contributed by atoms with Crippen LogP contribution in [0.25, 0.3) is 0 Å². The molecule has 1 heterocycles. The van der Waals surface area contributed by atoms with Crippen LogP contribution in [0.4, 0.5) is 0 Å². The number of nitrogens with zero attached hydrogens (tertiary/aromatic N) is 2. The zero-order valence-electron chi connectivity index (χ0n) is 19.0. The van der Waals surface area contributed by atoms with Gasteiger partial charge >= 0.3 is 0 Å². The van der Waals surface area contributed by atoms with E-state index in [2.05, 4.69) is 9.80 Å². The lowest BCUT2D eigenvalue weighted by Crippen LogP contribution is -2.48. The third kappa shape index (κ3) is 14.4. The number of rotatable bonds is 14. The second kappa shape index (κ2) is 17.3. The summed E-state index contributed by atoms with van der Waals surface area (Å²) in [6.07, 6.45) is 0.508. The van der Waals surface area contributed by atoms with Gasteiger partial charge in [-0.3, -0.25) is 14.6 Å². The van der Waals surface area contributed by atoms with Gasteiger partial charge in [0.1, 0.15) is 5.78 Å². The molecule has 2 N–H and O–H groups in total. The van der Waals surface area contributed by atoms with Crippen molar-refractivity contribution in [3.05, 3.63) is 0 Å². The highest BCUT2D eigenvalue weighted by Gasteiger charge is 2.20. The van der Waals surface area contributed by atoms with Crippen LogP contribution < -0.4 is 5.73 Å². The Morgan fingerprint density at radius 2 is 1.25 bits per heavy atom. The summed E-state index contributed by atoms with van der Waals surface area (Å²) in [5.41, 5.74) is 5.09. The number of nitrogens with two attached hydrogens (primary N) is 1. The highest BCUT2D eigenvalue weighted by Crippen LogP contribution is 2.16. The van der Waals surface area contributed by atoms with Crippen molar-refractivity contribution < 1.29 is 20.4 Å². The number of carbonyl (C=O) groups is 1. The first-order valence-corrected chi connectivity index (χ1v) is 10.8. The Balaban J connectivity index is 0. The lowest BCUT2D eigenvalue weighted by Gasteiger charge is -2.34. The normalized spacial score (nSPS) is 15.9. The quantitative estimate of drug-likeness (QED) is 0.442. The highest BCUT2D eigenvalue weighted by atomic mass is 16.5. The van der Waals surface area contributed by atoms with Gasteiger partial charge in [0.25, 0.3) is 0 Å². The number of hydrogen-bond acceptors (Lipinski definition) is 7. The third-order valence-corrected chi connectivity index (χ3v) is 4.51. The summed E-state index contributed by atoms with van der Waals surface area (Å²) in [6.45, 7) is 20.4. The number of ketones is 1. The van der Waals surface area contributed by atoms with E-state index >= 15 is 0 Å². The summed E-state index contributed by atoms with van der Waals surface area (Å²) < 4.78 is 16.5. The van der Waals surface area contributed by atoms with Gasteiger partial charge in [-0.2, -0.15) is 0 Å². The minimum absolute atomic E-state index is 0. The first-order chi connectivity index (χ1) is 13.4. The van der Waals surface area contributed by atoms with Crippen molar-refractivity contribution >= 4 is 5.78 Å². The summed E-state index contributed by atoms with van der Waals surface area (Å²) in [7, 11) is 0. The maximum atomic E-state index is 11.8. The topological polar surface area (TPSA) is 77.3 Å². The van der Waals surface area contributed by atoms with Gasteiger partial charge in [-0.05, 0) is 0 Å². The van der Waals surface area contributed by atoms with Crippen molar-refractivity contribution in [2.45, 2.75) is 41.0 Å². The first-order valence-electron chi connectivity index (χ1n) is 10.8. The minimum Gasteiger partial charge on any atom is -0.380 e. The zero-order valence-corrected chi connectivity index (χ0v) is 19.0. The van der Waals surface area contributed by atoms with E-state index in [9.17, 15) is 4.79 Å². The molecule has 1 aliphatic heterocycles. The predicted octanol–water partition coefficient (Wildman–Crippen LogP) is 1.89. The molecule has 0 unspecified atom stereocenters. The second-order valence-corrected chi connectivity index (χ2v) is 7.73. The largest absolute Gasteiger partial charge is 0.380 e. The molecule has 1 fully saturated rings. The van der Waals surface area contributed by atoms with Crippen molar-refractivity contribution in [2.75, 3.05) is 85.5 Å². The molecule has 7 nitrogen and oxygen atoms in total. The summed E-state index contributed by atoms with van der Waals surface area (Å²) >= 11 is 0. The number of carbonyl (C=O) groups excluding carboxylic acids is 1. The van der Waals surface area contributed by atoms with Crippen LogP contribution in [0.3, 0.4) is 0 Å². The lowest BCUT2D eigenvalue weighted by molar-refractivity contribution is -0.127. The van der Waals surface area contributed by atoms with Gasteiger partial charge in [0.2, 0.25) is 0 Å². The number of hydrogen-bond donors (Lipinski definition) is 1. The van der Waals surface area contributed by atoms with E-state index in [4.69, 9.17) is 19.9 Å². The summed E-state index contributed by atoms with van der Waals surface area (Å²) in [6, 6.07) is 0. The highest BCUT2D eigenvalue weighted by molar-refractivity contribution is 5.83. The van der Waals surface area contributed by atoms with Crippen LogP contribution in [-0.4, -0.2) is 101 Å². The Hall–Kier alpha value is -0.570. The van der Waals surface area contributed by atoms with Gasteiger partial charge in [0.05, 0.1) is 39.6 Å². The Kier molecular flexibility index (Phi) is 16.9. The fourth-order valence-corrected chi connectivity index (χ4v) is 2.67. The molecular formula is C21H47N3O4. The van der Waals surface area contributed by atoms with Gasteiger partial charge in [-0.25, -0.2) is 0 Å². The van der Waals surface area contributed by atoms with Gasteiger partial charge in [0.15, 0.2) is 0 Å². The van der Waals surface area contributed by atoms with Crippen LogP contribution in [0.2, 0.25) is 0 Å². The molecule has 0 atom stereocenters. The molecule has 1 saturated heterocycles. The summed E-state index contributed by atoms with van der Waals surface area (Å²) in [5, 5.41) is 0. The molecule has 0 spiro atoms. The number of Topliss-reactive ketones (excluding diaryl/α,β-unsaturated/α-hetero) is 1. The van der Waals surface area contributed by atoms with E-state index < -0.39 is 0 Å². The minimum atomic E-state index is -0.263. The molecule has 170 valence electrons. The molecule has 28 heavy (non-hydrogen) atoms. The van der Waals surface area contributed by atoms with Gasteiger partial charge in [-0.1, -0.05) is 34.6 Å². The first kappa shape index (κ1) is 27.4. The average molecular weight is 406 g/mol. The van der Waals surface area contributed by atoms with Crippen LogP contribution in [0.1, 0.15) is 42.5 Å². The molecule has 0 saturated carbocycles. The van der Waals surface area contributed by atoms with Crippen molar-refractivity contribution in [3.63, 3.8) is 0 Å². The van der Waals surface area contributed by atoms with Crippen LogP contribution in [0.5, 0.6) is 0 Å². The van der Waals surface area contributed by atoms with E-state index in [-0.39, 0.29) is 12.6 Å². The Morgan fingerprint density at radius 3 is 1.68 bits per heavy atom. The van der Waals surface area contributed by atoms with E-state index in [0.717, 1.165) is 45.9 Å². The van der Waals surface area contributed by atoms with E-state index in [1.807, 2.05) is 34.6 Å². The van der Waals surface area contributed by atoms with E-state index in [1.54, 1.807) is 0 Å². The fraction of sp³-hybridized carbons (Fsp3) is 0.952. The summed E-state index contributed by atoms with van der Waals surface area (Å²) in [4.78, 5) is 16.7. The third-order valence-electron chi connectivity index (χ3n) is 4.51. The van der Waals surface area contributed by atoms with Crippen molar-refractivity contribution in [1.29, 1.82) is 0 Å². The molecule has 0 radical (unpaired) electrons. The van der Waals surface area contributed by atoms with Crippen molar-refractivity contribution in [2.24, 2.45) is 11.1 Å². The van der Waals surface area contributed by atoms with Crippen LogP contribution in [-0.2, 0) is 19.0 Å². The molecule has 1 aliphatic rings. The van der Waals surface area contributed by atoms with Gasteiger partial charge < -0.3 is 19.9 Å². The molecule has 0 aromatic heterocycles. The van der Waals surface area contributed by atoms with E-state index in [1.165, 1.54) is 0 Å².